The van der Waals surface area contributed by atoms with Crippen LogP contribution < -0.4 is 10.6 Å². The molecule has 0 fully saturated rings. The van der Waals surface area contributed by atoms with Crippen molar-refractivity contribution >= 4 is 29.2 Å². The second-order valence-corrected chi connectivity index (χ2v) is 6.93. The van der Waals surface area contributed by atoms with E-state index < -0.39 is 17.8 Å². The lowest BCUT2D eigenvalue weighted by Crippen LogP contribution is -2.14. The van der Waals surface area contributed by atoms with Gasteiger partial charge in [0.15, 0.2) is 0 Å². The maximum atomic E-state index is 12.7. The number of hydrogen-bond acceptors (Lipinski definition) is 4. The molecule has 0 bridgehead atoms. The summed E-state index contributed by atoms with van der Waals surface area (Å²) >= 11 is 0. The van der Waals surface area contributed by atoms with Crippen LogP contribution in [0, 0.1) is 0 Å². The third kappa shape index (κ3) is 5.48. The van der Waals surface area contributed by atoms with E-state index in [1.165, 1.54) is 17.7 Å². The van der Waals surface area contributed by atoms with Crippen molar-refractivity contribution in [3.8, 4) is 0 Å². The van der Waals surface area contributed by atoms with Crippen molar-refractivity contribution in [2.45, 2.75) is 19.9 Å². The number of carboxylic acid groups (broad SMARTS) is 2. The van der Waals surface area contributed by atoms with Crippen LogP contribution in [0.15, 0.2) is 66.7 Å². The minimum Gasteiger partial charge on any atom is -0.478 e. The van der Waals surface area contributed by atoms with E-state index in [0.29, 0.717) is 12.1 Å². The summed E-state index contributed by atoms with van der Waals surface area (Å²) in [7, 11) is 0. The van der Waals surface area contributed by atoms with Gasteiger partial charge in [0.05, 0.1) is 11.1 Å². The molecule has 3 rings (SSSR count). The average Bonchev–Trinajstić information content (AvgIpc) is 2.77. The van der Waals surface area contributed by atoms with Gasteiger partial charge < -0.3 is 20.8 Å². The normalized spacial score (nSPS) is 10.4. The molecule has 1 amide bonds. The van der Waals surface area contributed by atoms with Crippen LogP contribution >= 0.6 is 0 Å². The highest BCUT2D eigenvalue weighted by atomic mass is 16.4. The third-order valence-corrected chi connectivity index (χ3v) is 4.76. The summed E-state index contributed by atoms with van der Waals surface area (Å²) in [5.41, 5.74) is 3.16. The molecule has 158 valence electrons. The summed E-state index contributed by atoms with van der Waals surface area (Å²) in [5.74, 6) is -3.02. The number of nitrogens with one attached hydrogen (secondary N) is 2. The van der Waals surface area contributed by atoms with Gasteiger partial charge in [0.25, 0.3) is 5.91 Å². The van der Waals surface area contributed by atoms with Crippen LogP contribution in [0.5, 0.6) is 0 Å². The van der Waals surface area contributed by atoms with Gasteiger partial charge in [-0.1, -0.05) is 37.3 Å². The van der Waals surface area contributed by atoms with E-state index in [2.05, 4.69) is 23.6 Å². The zero-order chi connectivity index (χ0) is 22.4. The number of para-hydroxylation sites is 1. The van der Waals surface area contributed by atoms with Crippen molar-refractivity contribution < 1.29 is 24.6 Å². The zero-order valence-electron chi connectivity index (χ0n) is 16.9. The van der Waals surface area contributed by atoms with Gasteiger partial charge in [-0.15, -0.1) is 0 Å². The Kier molecular flexibility index (Phi) is 6.67. The average molecular weight is 418 g/mol. The lowest BCUT2D eigenvalue weighted by Gasteiger charge is -2.12. The standard InChI is InChI=1S/C24H22N2O5/c1-2-16-7-3-4-9-21(16)25-14-15-6-5-8-17(10-15)22(27)26-20-12-18(23(28)29)11-19(13-20)24(30)31/h3-13,25H,2,14H2,1H3,(H,26,27)(H,28,29)(H,30,31). The Bertz CT molecular complexity index is 1110. The number of rotatable bonds is 8. The number of carbonyl (C=O) groups is 3. The van der Waals surface area contributed by atoms with Crippen LogP contribution in [0.25, 0.3) is 0 Å². The summed E-state index contributed by atoms with van der Waals surface area (Å²) in [6.45, 7) is 2.61. The Balaban J connectivity index is 1.76. The second kappa shape index (κ2) is 9.58. The van der Waals surface area contributed by atoms with Crippen LogP contribution in [-0.2, 0) is 13.0 Å². The van der Waals surface area contributed by atoms with E-state index >= 15 is 0 Å². The molecule has 0 aliphatic carbocycles. The van der Waals surface area contributed by atoms with Crippen molar-refractivity contribution in [3.63, 3.8) is 0 Å². The van der Waals surface area contributed by atoms with E-state index in [4.69, 9.17) is 0 Å². The maximum Gasteiger partial charge on any atom is 0.335 e. The third-order valence-electron chi connectivity index (χ3n) is 4.76. The smallest absolute Gasteiger partial charge is 0.335 e. The summed E-state index contributed by atoms with van der Waals surface area (Å²) in [6.07, 6.45) is 0.902. The minimum absolute atomic E-state index is 0.0997. The van der Waals surface area contributed by atoms with Crippen LogP contribution in [0.2, 0.25) is 0 Å². The van der Waals surface area contributed by atoms with Gasteiger partial charge in [0.2, 0.25) is 0 Å². The molecule has 0 radical (unpaired) electrons. The van der Waals surface area contributed by atoms with Gasteiger partial charge in [0, 0.05) is 23.5 Å². The van der Waals surface area contributed by atoms with Crippen molar-refractivity contribution in [1.29, 1.82) is 0 Å². The fourth-order valence-electron chi connectivity index (χ4n) is 3.17. The van der Waals surface area contributed by atoms with Crippen LogP contribution in [-0.4, -0.2) is 28.1 Å². The molecule has 0 heterocycles. The van der Waals surface area contributed by atoms with E-state index in [0.717, 1.165) is 23.7 Å². The molecule has 0 aromatic heterocycles. The number of aromatic carboxylic acids is 2. The quantitative estimate of drug-likeness (QED) is 0.428. The van der Waals surface area contributed by atoms with Crippen molar-refractivity contribution in [3.05, 3.63) is 94.5 Å². The molecule has 0 spiro atoms. The van der Waals surface area contributed by atoms with E-state index in [9.17, 15) is 24.6 Å². The lowest BCUT2D eigenvalue weighted by molar-refractivity contribution is 0.0696. The molecule has 0 saturated heterocycles. The van der Waals surface area contributed by atoms with Crippen molar-refractivity contribution in [1.82, 2.24) is 0 Å². The summed E-state index contributed by atoms with van der Waals surface area (Å²) < 4.78 is 0. The Morgan fingerprint density at radius 3 is 2.13 bits per heavy atom. The highest BCUT2D eigenvalue weighted by molar-refractivity contribution is 6.06. The SMILES string of the molecule is CCc1ccccc1NCc1cccc(C(=O)Nc2cc(C(=O)O)cc(C(=O)O)c2)c1. The summed E-state index contributed by atoms with van der Waals surface area (Å²) in [4.78, 5) is 35.2. The zero-order valence-corrected chi connectivity index (χ0v) is 16.9. The molecule has 3 aromatic rings. The van der Waals surface area contributed by atoms with E-state index in [-0.39, 0.29) is 16.8 Å². The number of hydrogen-bond donors (Lipinski definition) is 4. The van der Waals surface area contributed by atoms with Crippen LogP contribution in [0.4, 0.5) is 11.4 Å². The number of carboxylic acids is 2. The first-order valence-corrected chi connectivity index (χ1v) is 9.71. The predicted octanol–water partition coefficient (Wildman–Crippen LogP) is 4.51. The predicted molar refractivity (Wildman–Crippen MR) is 118 cm³/mol. The molecule has 0 unspecified atom stereocenters. The maximum absolute atomic E-state index is 12.7. The number of aryl methyl sites for hydroxylation is 1. The highest BCUT2D eigenvalue weighted by Gasteiger charge is 2.14. The van der Waals surface area contributed by atoms with Gasteiger partial charge in [-0.25, -0.2) is 9.59 Å². The summed E-state index contributed by atoms with van der Waals surface area (Å²) in [5, 5.41) is 24.3. The number of carbonyl (C=O) groups excluding carboxylic acids is 1. The van der Waals surface area contributed by atoms with Crippen LogP contribution in [0.1, 0.15) is 49.1 Å². The molecule has 0 aliphatic heterocycles. The highest BCUT2D eigenvalue weighted by Crippen LogP contribution is 2.19. The monoisotopic (exact) mass is 418 g/mol. The van der Waals surface area contributed by atoms with Gasteiger partial charge in [-0.3, -0.25) is 4.79 Å². The van der Waals surface area contributed by atoms with E-state index in [1.54, 1.807) is 18.2 Å². The lowest BCUT2D eigenvalue weighted by atomic mass is 10.1. The molecular weight excluding hydrogens is 396 g/mol. The largest absolute Gasteiger partial charge is 0.478 e. The van der Waals surface area contributed by atoms with E-state index in [1.807, 2.05) is 24.3 Å². The first-order valence-electron chi connectivity index (χ1n) is 9.71. The second-order valence-electron chi connectivity index (χ2n) is 6.93. The molecule has 0 saturated carbocycles. The van der Waals surface area contributed by atoms with Crippen molar-refractivity contribution in [2.75, 3.05) is 10.6 Å². The molecule has 3 aromatic carbocycles. The number of amides is 1. The Hall–Kier alpha value is -4.13. The fourth-order valence-corrected chi connectivity index (χ4v) is 3.17. The molecule has 0 aliphatic rings. The van der Waals surface area contributed by atoms with Gasteiger partial charge in [-0.2, -0.15) is 0 Å². The first-order chi connectivity index (χ1) is 14.9. The molecule has 0 atom stereocenters. The van der Waals surface area contributed by atoms with Gasteiger partial charge >= 0.3 is 11.9 Å². The Labute approximate surface area is 179 Å². The number of benzene rings is 3. The van der Waals surface area contributed by atoms with Gasteiger partial charge in [-0.05, 0) is 53.9 Å². The Morgan fingerprint density at radius 1 is 0.806 bits per heavy atom. The fraction of sp³-hybridized carbons (Fsp3) is 0.125. The summed E-state index contributed by atoms with van der Waals surface area (Å²) in [6, 6.07) is 18.5. The van der Waals surface area contributed by atoms with Crippen molar-refractivity contribution in [2.24, 2.45) is 0 Å². The Morgan fingerprint density at radius 2 is 1.48 bits per heavy atom. The number of anilines is 2. The molecule has 7 nitrogen and oxygen atoms in total. The molecule has 4 N–H and O–H groups in total. The molecule has 7 heteroatoms. The molecular formula is C24H22N2O5. The first kappa shape index (κ1) is 21.6. The topological polar surface area (TPSA) is 116 Å². The minimum atomic E-state index is -1.28. The van der Waals surface area contributed by atoms with Crippen LogP contribution in [0.3, 0.4) is 0 Å². The van der Waals surface area contributed by atoms with Gasteiger partial charge in [0.1, 0.15) is 0 Å². The molecule has 31 heavy (non-hydrogen) atoms.